The molecule has 0 saturated carbocycles. The lowest BCUT2D eigenvalue weighted by molar-refractivity contribution is 0.103. The van der Waals surface area contributed by atoms with Crippen LogP contribution in [-0.2, 0) is 4.74 Å². The Morgan fingerprint density at radius 1 is 0.879 bits per heavy atom. The Morgan fingerprint density at radius 3 is 2.33 bits per heavy atom. The summed E-state index contributed by atoms with van der Waals surface area (Å²) in [5, 5.41) is 6.39. The minimum atomic E-state index is -0.488. The van der Waals surface area contributed by atoms with Gasteiger partial charge < -0.3 is 10.1 Å². The number of carbonyl (C=O) groups excluding carboxylic acids is 2. The van der Waals surface area contributed by atoms with Gasteiger partial charge in [0.25, 0.3) is 0 Å². The van der Waals surface area contributed by atoms with Gasteiger partial charge in [-0.15, -0.1) is 0 Å². The summed E-state index contributed by atoms with van der Waals surface area (Å²) in [5.74, 6) is -0.117. The molecular formula is C27H29ClN2O3. The van der Waals surface area contributed by atoms with Gasteiger partial charge in [-0.25, -0.2) is 4.79 Å². The molecule has 0 atom stereocenters. The van der Waals surface area contributed by atoms with Crippen LogP contribution >= 0.6 is 11.6 Å². The second-order valence-electron chi connectivity index (χ2n) is 7.83. The predicted molar refractivity (Wildman–Crippen MR) is 135 cm³/mol. The first-order valence-electron chi connectivity index (χ1n) is 11.2. The maximum Gasteiger partial charge on any atom is 0.411 e. The normalized spacial score (nSPS) is 10.5. The number of hydrogen-bond donors (Lipinski definition) is 2. The highest BCUT2D eigenvalue weighted by atomic mass is 35.5. The SMILES string of the molecule is CCCCCCOC(=O)Nc1ccccc1Nc1ccc(C(=O)c2ccccc2C)c(Cl)c1. The summed E-state index contributed by atoms with van der Waals surface area (Å²) >= 11 is 6.46. The third-order valence-electron chi connectivity index (χ3n) is 5.28. The van der Waals surface area contributed by atoms with Crippen molar-refractivity contribution in [3.8, 4) is 0 Å². The average molecular weight is 465 g/mol. The van der Waals surface area contributed by atoms with Gasteiger partial charge in [-0.2, -0.15) is 0 Å². The van der Waals surface area contributed by atoms with Crippen molar-refractivity contribution in [2.75, 3.05) is 17.2 Å². The van der Waals surface area contributed by atoms with Crippen molar-refractivity contribution in [1.29, 1.82) is 0 Å². The number of ketones is 1. The molecule has 0 radical (unpaired) electrons. The van der Waals surface area contributed by atoms with Gasteiger partial charge in [-0.1, -0.05) is 74.2 Å². The zero-order valence-corrected chi connectivity index (χ0v) is 19.7. The molecule has 0 aromatic heterocycles. The van der Waals surface area contributed by atoms with E-state index in [1.165, 1.54) is 0 Å². The van der Waals surface area contributed by atoms with Crippen LogP contribution in [0.2, 0.25) is 5.02 Å². The van der Waals surface area contributed by atoms with Gasteiger partial charge in [-0.05, 0) is 49.2 Å². The molecule has 0 fully saturated rings. The summed E-state index contributed by atoms with van der Waals surface area (Å²) in [4.78, 5) is 25.1. The average Bonchev–Trinajstić information content (AvgIpc) is 2.80. The highest BCUT2D eigenvalue weighted by Gasteiger charge is 2.15. The van der Waals surface area contributed by atoms with Crippen molar-refractivity contribution in [1.82, 2.24) is 0 Å². The predicted octanol–water partition coefficient (Wildman–Crippen LogP) is 7.75. The van der Waals surface area contributed by atoms with Gasteiger partial charge in [0, 0.05) is 16.8 Å². The number of anilines is 3. The number of halogens is 1. The maximum atomic E-state index is 12.9. The summed E-state index contributed by atoms with van der Waals surface area (Å²) < 4.78 is 5.27. The van der Waals surface area contributed by atoms with Crippen LogP contribution in [-0.4, -0.2) is 18.5 Å². The van der Waals surface area contributed by atoms with E-state index in [1.807, 2.05) is 43.3 Å². The molecule has 0 aliphatic carbocycles. The first-order valence-corrected chi connectivity index (χ1v) is 11.6. The molecule has 0 aliphatic rings. The molecule has 0 unspecified atom stereocenters. The van der Waals surface area contributed by atoms with E-state index in [9.17, 15) is 9.59 Å². The number of rotatable bonds is 10. The van der Waals surface area contributed by atoms with Crippen molar-refractivity contribution in [2.24, 2.45) is 0 Å². The maximum absolute atomic E-state index is 12.9. The zero-order chi connectivity index (χ0) is 23.6. The van der Waals surface area contributed by atoms with Crippen LogP contribution in [0.3, 0.4) is 0 Å². The molecule has 0 saturated heterocycles. The molecular weight excluding hydrogens is 436 g/mol. The van der Waals surface area contributed by atoms with Crippen molar-refractivity contribution in [2.45, 2.75) is 39.5 Å². The van der Waals surface area contributed by atoms with E-state index >= 15 is 0 Å². The van der Waals surface area contributed by atoms with Gasteiger partial charge in [0.2, 0.25) is 0 Å². The second-order valence-corrected chi connectivity index (χ2v) is 8.24. The van der Waals surface area contributed by atoms with E-state index in [-0.39, 0.29) is 5.78 Å². The van der Waals surface area contributed by atoms with E-state index in [2.05, 4.69) is 17.6 Å². The number of ether oxygens (including phenoxy) is 1. The van der Waals surface area contributed by atoms with E-state index in [0.717, 1.165) is 31.2 Å². The van der Waals surface area contributed by atoms with Crippen molar-refractivity contribution in [3.05, 3.63) is 88.4 Å². The second kappa shape index (κ2) is 12.1. The topological polar surface area (TPSA) is 67.4 Å². The molecule has 172 valence electrons. The number of para-hydroxylation sites is 2. The van der Waals surface area contributed by atoms with E-state index in [0.29, 0.717) is 39.8 Å². The fourth-order valence-electron chi connectivity index (χ4n) is 3.45. The van der Waals surface area contributed by atoms with Crippen LogP contribution in [0.4, 0.5) is 21.9 Å². The minimum Gasteiger partial charge on any atom is -0.449 e. The first kappa shape index (κ1) is 24.3. The van der Waals surface area contributed by atoms with Crippen molar-refractivity contribution in [3.63, 3.8) is 0 Å². The van der Waals surface area contributed by atoms with Crippen LogP contribution in [0.1, 0.15) is 54.1 Å². The van der Waals surface area contributed by atoms with Gasteiger partial charge in [0.05, 0.1) is 23.0 Å². The number of hydrogen-bond acceptors (Lipinski definition) is 4. The van der Waals surface area contributed by atoms with Crippen LogP contribution in [0, 0.1) is 6.92 Å². The summed E-state index contributed by atoms with van der Waals surface area (Å²) in [7, 11) is 0. The molecule has 2 N–H and O–H groups in total. The summed E-state index contributed by atoms with van der Waals surface area (Å²) in [6.45, 7) is 4.44. The molecule has 33 heavy (non-hydrogen) atoms. The molecule has 0 bridgehead atoms. The highest BCUT2D eigenvalue weighted by molar-refractivity contribution is 6.35. The molecule has 0 spiro atoms. The number of amides is 1. The van der Waals surface area contributed by atoms with E-state index in [4.69, 9.17) is 16.3 Å². The lowest BCUT2D eigenvalue weighted by Crippen LogP contribution is -2.15. The third-order valence-corrected chi connectivity index (χ3v) is 5.59. The Morgan fingerprint density at radius 2 is 1.61 bits per heavy atom. The van der Waals surface area contributed by atoms with Crippen LogP contribution < -0.4 is 10.6 Å². The monoisotopic (exact) mass is 464 g/mol. The third kappa shape index (κ3) is 6.83. The Kier molecular flexibility index (Phi) is 8.90. The molecule has 5 nitrogen and oxygen atoms in total. The standard InChI is InChI=1S/C27H29ClN2O3/c1-3-4-5-10-17-33-27(32)30-25-14-9-8-13-24(25)29-20-15-16-22(23(28)18-20)26(31)21-12-7-6-11-19(21)2/h6-9,11-16,18,29H,3-5,10,17H2,1-2H3,(H,30,32). The number of carbonyl (C=O) groups is 2. The van der Waals surface area contributed by atoms with Crippen LogP contribution in [0.15, 0.2) is 66.7 Å². The Balaban J connectivity index is 1.68. The van der Waals surface area contributed by atoms with Crippen molar-refractivity contribution < 1.29 is 14.3 Å². The first-order chi connectivity index (χ1) is 16.0. The quantitative estimate of drug-likeness (QED) is 0.237. The fraction of sp³-hybridized carbons (Fsp3) is 0.259. The lowest BCUT2D eigenvalue weighted by Gasteiger charge is -2.14. The van der Waals surface area contributed by atoms with E-state index < -0.39 is 6.09 Å². The Labute approximate surface area is 200 Å². The molecule has 3 aromatic rings. The van der Waals surface area contributed by atoms with Gasteiger partial charge in [0.15, 0.2) is 5.78 Å². The smallest absolute Gasteiger partial charge is 0.411 e. The summed E-state index contributed by atoms with van der Waals surface area (Å²) in [5.41, 5.74) is 3.95. The van der Waals surface area contributed by atoms with Crippen molar-refractivity contribution >= 4 is 40.5 Å². The van der Waals surface area contributed by atoms with E-state index in [1.54, 1.807) is 30.3 Å². The van der Waals surface area contributed by atoms with Crippen LogP contribution in [0.5, 0.6) is 0 Å². The number of nitrogens with one attached hydrogen (secondary N) is 2. The van der Waals surface area contributed by atoms with Gasteiger partial charge >= 0.3 is 6.09 Å². The summed E-state index contributed by atoms with van der Waals surface area (Å²) in [6.07, 6.45) is 3.68. The molecule has 3 rings (SSSR count). The fourth-order valence-corrected chi connectivity index (χ4v) is 3.71. The number of aryl methyl sites for hydroxylation is 1. The summed E-state index contributed by atoms with van der Waals surface area (Å²) in [6, 6.07) is 20.0. The molecule has 0 aliphatic heterocycles. The van der Waals surface area contributed by atoms with Crippen LogP contribution in [0.25, 0.3) is 0 Å². The Bertz CT molecular complexity index is 1110. The number of unbranched alkanes of at least 4 members (excludes halogenated alkanes) is 3. The van der Waals surface area contributed by atoms with Gasteiger partial charge in [-0.3, -0.25) is 10.1 Å². The molecule has 6 heteroatoms. The van der Waals surface area contributed by atoms with Gasteiger partial charge in [0.1, 0.15) is 0 Å². The zero-order valence-electron chi connectivity index (χ0n) is 19.0. The Hall–Kier alpha value is -3.31. The number of benzene rings is 3. The highest BCUT2D eigenvalue weighted by Crippen LogP contribution is 2.29. The lowest BCUT2D eigenvalue weighted by atomic mass is 9.99. The minimum absolute atomic E-state index is 0.117. The largest absolute Gasteiger partial charge is 0.449 e. The molecule has 1 amide bonds. The molecule has 0 heterocycles. The molecule has 3 aromatic carbocycles.